The Hall–Kier alpha value is -2.25. The zero-order chi connectivity index (χ0) is 13.9. The summed E-state index contributed by atoms with van der Waals surface area (Å²) in [6.45, 7) is 2.68. The molecule has 8 heteroatoms. The largest absolute Gasteiger partial charge is 0.511 e. The van der Waals surface area contributed by atoms with Crippen LogP contribution in [0.5, 0.6) is 0 Å². The van der Waals surface area contributed by atoms with Crippen LogP contribution in [0.25, 0.3) is 5.57 Å². The number of ketones is 1. The minimum absolute atomic E-state index is 0.0447. The van der Waals surface area contributed by atoms with Crippen LogP contribution in [0.3, 0.4) is 0 Å². The van der Waals surface area contributed by atoms with Crippen molar-refractivity contribution < 1.29 is 24.1 Å². The summed E-state index contributed by atoms with van der Waals surface area (Å²) in [5.74, 6) is -1.06. The van der Waals surface area contributed by atoms with Crippen molar-refractivity contribution in [1.29, 1.82) is 0 Å². The van der Waals surface area contributed by atoms with E-state index in [-0.39, 0.29) is 29.5 Å². The van der Waals surface area contributed by atoms with Gasteiger partial charge in [-0.1, -0.05) is 0 Å². The van der Waals surface area contributed by atoms with E-state index in [0.29, 0.717) is 0 Å². The van der Waals surface area contributed by atoms with Crippen molar-refractivity contribution in [3.8, 4) is 0 Å². The number of tetrazole rings is 1. The van der Waals surface area contributed by atoms with Crippen LogP contribution >= 0.6 is 0 Å². The second kappa shape index (κ2) is 5.39. The van der Waals surface area contributed by atoms with Gasteiger partial charge in [0.1, 0.15) is 12.8 Å². The lowest BCUT2D eigenvalue weighted by Crippen LogP contribution is -2.43. The molecule has 1 rings (SSSR count). The van der Waals surface area contributed by atoms with Crippen molar-refractivity contribution in [1.82, 2.24) is 15.1 Å². The van der Waals surface area contributed by atoms with E-state index in [4.69, 9.17) is 0 Å². The summed E-state index contributed by atoms with van der Waals surface area (Å²) in [4.78, 5) is 23.9. The van der Waals surface area contributed by atoms with Crippen LogP contribution < -0.4 is 4.68 Å². The van der Waals surface area contributed by atoms with E-state index in [2.05, 4.69) is 15.0 Å². The van der Waals surface area contributed by atoms with Gasteiger partial charge in [-0.2, -0.15) is 0 Å². The van der Waals surface area contributed by atoms with Gasteiger partial charge in [0, 0.05) is 0 Å². The third-order valence-electron chi connectivity index (χ3n) is 2.07. The molecular weight excluding hydrogens is 240 g/mol. The van der Waals surface area contributed by atoms with Gasteiger partial charge in [0.2, 0.25) is 0 Å². The van der Waals surface area contributed by atoms with Crippen LogP contribution in [0, 0.1) is 0 Å². The Balaban J connectivity index is 3.33. The lowest BCUT2D eigenvalue weighted by atomic mass is 10.2. The summed E-state index contributed by atoms with van der Waals surface area (Å²) < 4.78 is 5.80. The molecule has 18 heavy (non-hydrogen) atoms. The molecule has 0 saturated heterocycles. The molecule has 1 N–H and O–H groups in total. The quantitative estimate of drug-likeness (QED) is 0.326. The first-order valence-corrected chi connectivity index (χ1v) is 5.16. The van der Waals surface area contributed by atoms with Gasteiger partial charge in [-0.05, 0) is 18.6 Å². The molecule has 0 bridgehead atoms. The predicted octanol–water partition coefficient (Wildman–Crippen LogP) is -0.846. The maximum absolute atomic E-state index is 11.6. The van der Waals surface area contributed by atoms with Crippen molar-refractivity contribution in [3.05, 3.63) is 11.6 Å². The Morgan fingerprint density at radius 3 is 2.50 bits per heavy atom. The molecule has 0 aliphatic rings. The topological polar surface area (TPSA) is 98.2 Å². The van der Waals surface area contributed by atoms with Gasteiger partial charge >= 0.3 is 11.8 Å². The lowest BCUT2D eigenvalue weighted by molar-refractivity contribution is -0.746. The van der Waals surface area contributed by atoms with E-state index in [1.54, 1.807) is 7.05 Å². The van der Waals surface area contributed by atoms with E-state index in [1.165, 1.54) is 30.4 Å². The summed E-state index contributed by atoms with van der Waals surface area (Å²) in [6, 6.07) is 0. The summed E-state index contributed by atoms with van der Waals surface area (Å²) in [5, 5.41) is 17.4. The number of esters is 1. The molecule has 0 unspecified atom stereocenters. The monoisotopic (exact) mass is 255 g/mol. The number of carbonyl (C=O) groups is 2. The molecule has 0 atom stereocenters. The first-order chi connectivity index (χ1) is 8.36. The number of rotatable bonds is 4. The highest BCUT2D eigenvalue weighted by Gasteiger charge is 2.30. The van der Waals surface area contributed by atoms with E-state index in [9.17, 15) is 14.7 Å². The molecule has 0 saturated carbocycles. The molecule has 1 heterocycles. The normalized spacial score (nSPS) is 12.0. The fourth-order valence-electron chi connectivity index (χ4n) is 1.41. The zero-order valence-electron chi connectivity index (χ0n) is 10.7. The van der Waals surface area contributed by atoms with Gasteiger partial charge in [-0.3, -0.25) is 4.79 Å². The average molecular weight is 255 g/mol. The van der Waals surface area contributed by atoms with Crippen molar-refractivity contribution in [2.75, 3.05) is 7.11 Å². The Kier molecular flexibility index (Phi) is 4.13. The molecule has 0 aliphatic heterocycles. The van der Waals surface area contributed by atoms with Crippen LogP contribution in [0.1, 0.15) is 19.7 Å². The predicted molar refractivity (Wildman–Crippen MR) is 59.1 cm³/mol. The molecule has 0 amide bonds. The number of aromatic nitrogens is 4. The van der Waals surface area contributed by atoms with Gasteiger partial charge in [-0.25, -0.2) is 4.79 Å². The van der Waals surface area contributed by atoms with Crippen molar-refractivity contribution in [3.63, 3.8) is 0 Å². The molecular formula is C10H15N4O4+. The highest BCUT2D eigenvalue weighted by Crippen LogP contribution is 2.13. The van der Waals surface area contributed by atoms with E-state index >= 15 is 0 Å². The van der Waals surface area contributed by atoms with Gasteiger partial charge in [-0.15, -0.1) is 4.68 Å². The van der Waals surface area contributed by atoms with Crippen LogP contribution in [0.4, 0.5) is 0 Å². The molecule has 98 valence electrons. The number of aliphatic hydroxyl groups is 1. The number of methoxy groups -OCH3 is 1. The molecule has 1 aromatic rings. The summed E-state index contributed by atoms with van der Waals surface area (Å²) in [5.41, 5.74) is -0.119. The molecule has 0 spiro atoms. The molecule has 0 aromatic carbocycles. The second-order valence-corrected chi connectivity index (χ2v) is 3.71. The lowest BCUT2D eigenvalue weighted by Gasteiger charge is -2.01. The molecule has 8 nitrogen and oxygen atoms in total. The van der Waals surface area contributed by atoms with Crippen molar-refractivity contribution in [2.24, 2.45) is 7.05 Å². The molecule has 0 radical (unpaired) electrons. The third kappa shape index (κ3) is 2.90. The number of Topliss-reactive ketones (excluding diaryl/α,β-unsaturated/α-hetero) is 1. The van der Waals surface area contributed by atoms with E-state index in [1.807, 2.05) is 0 Å². The Bertz CT molecular complexity index is 514. The Morgan fingerprint density at radius 1 is 1.44 bits per heavy atom. The fraction of sp³-hybridized carbons (Fsp3) is 0.500. The highest BCUT2D eigenvalue weighted by atomic mass is 16.5. The molecule has 1 aromatic heterocycles. The summed E-state index contributed by atoms with van der Waals surface area (Å²) in [6.07, 6.45) is 0. The minimum atomic E-state index is -0.743. The number of hydrogen-bond acceptors (Lipinski definition) is 6. The number of aryl methyl sites for hydroxylation is 1. The minimum Gasteiger partial charge on any atom is -0.511 e. The molecule has 0 fully saturated rings. The fourth-order valence-corrected chi connectivity index (χ4v) is 1.41. The van der Waals surface area contributed by atoms with E-state index in [0.717, 1.165) is 0 Å². The zero-order valence-corrected chi connectivity index (χ0v) is 10.7. The van der Waals surface area contributed by atoms with Gasteiger partial charge in [0.05, 0.1) is 17.4 Å². The highest BCUT2D eigenvalue weighted by molar-refractivity contribution is 6.15. The first-order valence-electron chi connectivity index (χ1n) is 5.16. The Morgan fingerprint density at radius 2 is 2.06 bits per heavy atom. The number of allylic oxidation sites excluding steroid dienone is 1. The van der Waals surface area contributed by atoms with Crippen molar-refractivity contribution >= 4 is 17.3 Å². The van der Waals surface area contributed by atoms with Crippen LogP contribution in [0.2, 0.25) is 0 Å². The van der Waals surface area contributed by atoms with Crippen LogP contribution in [0.15, 0.2) is 5.76 Å². The van der Waals surface area contributed by atoms with E-state index < -0.39 is 5.97 Å². The number of ether oxygens (including phenoxy) is 1. The first kappa shape index (κ1) is 13.8. The smallest absolute Gasteiger partial charge is 0.348 e. The van der Waals surface area contributed by atoms with Crippen LogP contribution in [-0.4, -0.2) is 39.1 Å². The van der Waals surface area contributed by atoms with Crippen LogP contribution in [-0.2, 0) is 27.9 Å². The second-order valence-electron chi connectivity index (χ2n) is 3.71. The summed E-state index contributed by atoms with van der Waals surface area (Å²) in [7, 11) is 2.73. The average Bonchev–Trinajstić information content (AvgIpc) is 2.58. The van der Waals surface area contributed by atoms with Gasteiger partial charge in [0.15, 0.2) is 17.9 Å². The Labute approximate surface area is 103 Å². The SMILES string of the molecule is COC(=O)/C(=C(\C)O)c1nn(C)n[n+]1CC(C)=O. The number of hydrogen-bond donors (Lipinski definition) is 1. The maximum Gasteiger partial charge on any atom is 0.348 e. The molecule has 0 aliphatic carbocycles. The number of carbonyl (C=O) groups excluding carboxylic acids is 2. The summed E-state index contributed by atoms with van der Waals surface area (Å²) >= 11 is 0. The number of aliphatic hydroxyl groups excluding tert-OH is 1. The standard InChI is InChI=1S/C10H14N4O4/c1-6(15)5-14-9(11-13(3)12-14)8(7(2)16)10(17)18-4/h5H2,1-4H3/p+1. The maximum atomic E-state index is 11.6. The van der Waals surface area contributed by atoms with Crippen molar-refractivity contribution in [2.45, 2.75) is 20.4 Å². The number of nitrogens with zero attached hydrogens (tertiary/aromatic N) is 4. The van der Waals surface area contributed by atoms with Gasteiger partial charge < -0.3 is 9.84 Å². The van der Waals surface area contributed by atoms with Gasteiger partial charge in [0.25, 0.3) is 0 Å². The third-order valence-corrected chi connectivity index (χ3v) is 2.07.